The van der Waals surface area contributed by atoms with Crippen molar-refractivity contribution in [2.45, 2.75) is 0 Å². The van der Waals surface area contributed by atoms with Crippen LogP contribution in [0.5, 0.6) is 5.75 Å². The van der Waals surface area contributed by atoms with Crippen LogP contribution in [-0.2, 0) is 0 Å². The van der Waals surface area contributed by atoms with Gasteiger partial charge in [0.1, 0.15) is 0 Å². The highest BCUT2D eigenvalue weighted by molar-refractivity contribution is 9.10. The average Bonchev–Trinajstić information content (AvgIpc) is 2.46. The largest absolute Gasteiger partial charge is 0.504 e. The first-order chi connectivity index (χ1) is 6.61. The Kier molecular flexibility index (Phi) is 1.96. The van der Waals surface area contributed by atoms with Crippen LogP contribution >= 0.6 is 15.9 Å². The second-order valence-electron chi connectivity index (χ2n) is 2.70. The molecule has 1 aromatic heterocycles. The molecular formula is C9H5BrO4. The molecule has 0 spiro atoms. The summed E-state index contributed by atoms with van der Waals surface area (Å²) < 4.78 is 5.34. The van der Waals surface area contributed by atoms with E-state index < -0.39 is 5.97 Å². The highest BCUT2D eigenvalue weighted by Gasteiger charge is 2.19. The van der Waals surface area contributed by atoms with Gasteiger partial charge in [-0.15, -0.1) is 0 Å². The van der Waals surface area contributed by atoms with Crippen molar-refractivity contribution < 1.29 is 19.4 Å². The Morgan fingerprint density at radius 2 is 2.14 bits per heavy atom. The molecule has 0 aliphatic heterocycles. The van der Waals surface area contributed by atoms with E-state index in [1.165, 1.54) is 6.07 Å². The van der Waals surface area contributed by atoms with E-state index in [9.17, 15) is 9.90 Å². The molecule has 0 unspecified atom stereocenters. The molecular weight excluding hydrogens is 252 g/mol. The third-order valence-electron chi connectivity index (χ3n) is 1.83. The molecule has 0 saturated carbocycles. The van der Waals surface area contributed by atoms with Gasteiger partial charge in [-0.1, -0.05) is 6.07 Å². The van der Waals surface area contributed by atoms with Crippen molar-refractivity contribution in [2.24, 2.45) is 0 Å². The number of carbonyl (C=O) groups is 1. The van der Waals surface area contributed by atoms with Gasteiger partial charge >= 0.3 is 5.97 Å². The molecule has 0 amide bonds. The van der Waals surface area contributed by atoms with Crippen LogP contribution in [-0.4, -0.2) is 16.2 Å². The maximum absolute atomic E-state index is 10.7. The van der Waals surface area contributed by atoms with E-state index >= 15 is 0 Å². The molecule has 1 heterocycles. The van der Waals surface area contributed by atoms with Gasteiger partial charge in [-0.2, -0.15) is 0 Å². The summed E-state index contributed by atoms with van der Waals surface area (Å²) >= 11 is 3.10. The van der Waals surface area contributed by atoms with E-state index in [0.717, 1.165) is 0 Å². The minimum atomic E-state index is -1.17. The molecule has 0 fully saturated rings. The van der Waals surface area contributed by atoms with Crippen LogP contribution in [0.4, 0.5) is 0 Å². The number of phenols is 1. The van der Waals surface area contributed by atoms with Crippen LogP contribution in [0.2, 0.25) is 0 Å². The number of fused-ring (bicyclic) bond motifs is 1. The standard InChI is InChI=1S/C9H5BrO4/c10-6-4-2-1-3-5(11)7(4)14-8(6)9(12)13/h1-3,11H,(H,12,13). The van der Waals surface area contributed by atoms with E-state index in [1.807, 2.05) is 0 Å². The Hall–Kier alpha value is -1.49. The molecule has 0 bridgehead atoms. The summed E-state index contributed by atoms with van der Waals surface area (Å²) in [6.07, 6.45) is 0. The molecule has 0 aliphatic carbocycles. The van der Waals surface area contributed by atoms with Gasteiger partial charge in [0.05, 0.1) is 4.47 Å². The number of hydrogen-bond acceptors (Lipinski definition) is 3. The van der Waals surface area contributed by atoms with Gasteiger partial charge in [-0.3, -0.25) is 0 Å². The lowest BCUT2D eigenvalue weighted by atomic mass is 10.2. The molecule has 0 radical (unpaired) electrons. The molecule has 2 N–H and O–H groups in total. The van der Waals surface area contributed by atoms with Crippen molar-refractivity contribution in [2.75, 3.05) is 0 Å². The van der Waals surface area contributed by atoms with Gasteiger partial charge in [0.25, 0.3) is 0 Å². The lowest BCUT2D eigenvalue weighted by Gasteiger charge is -1.90. The Morgan fingerprint density at radius 3 is 2.71 bits per heavy atom. The Labute approximate surface area is 86.9 Å². The van der Waals surface area contributed by atoms with E-state index in [0.29, 0.717) is 9.86 Å². The first-order valence-electron chi connectivity index (χ1n) is 3.74. The number of rotatable bonds is 1. The summed E-state index contributed by atoms with van der Waals surface area (Å²) in [5, 5.41) is 18.7. The zero-order chi connectivity index (χ0) is 10.3. The predicted molar refractivity (Wildman–Crippen MR) is 52.5 cm³/mol. The fraction of sp³-hybridized carbons (Fsp3) is 0. The number of halogens is 1. The number of benzene rings is 1. The minimum Gasteiger partial charge on any atom is -0.504 e. The molecule has 0 saturated heterocycles. The summed E-state index contributed by atoms with van der Waals surface area (Å²) in [6.45, 7) is 0. The highest BCUT2D eigenvalue weighted by atomic mass is 79.9. The Balaban J connectivity index is 2.86. The van der Waals surface area contributed by atoms with Gasteiger partial charge in [-0.25, -0.2) is 4.79 Å². The van der Waals surface area contributed by atoms with Gasteiger partial charge in [0, 0.05) is 5.39 Å². The number of furan rings is 1. The lowest BCUT2D eigenvalue weighted by molar-refractivity contribution is 0.0663. The number of carboxylic acid groups (broad SMARTS) is 1. The first kappa shape index (κ1) is 9.08. The van der Waals surface area contributed by atoms with Gasteiger partial charge in [0.2, 0.25) is 5.76 Å². The van der Waals surface area contributed by atoms with Crippen molar-refractivity contribution in [3.63, 3.8) is 0 Å². The second-order valence-corrected chi connectivity index (χ2v) is 3.50. The van der Waals surface area contributed by atoms with Crippen LogP contribution in [0.25, 0.3) is 11.0 Å². The summed E-state index contributed by atoms with van der Waals surface area (Å²) in [6, 6.07) is 4.71. The molecule has 72 valence electrons. The molecule has 4 nitrogen and oxygen atoms in total. The Morgan fingerprint density at radius 1 is 1.43 bits per heavy atom. The summed E-state index contributed by atoms with van der Waals surface area (Å²) in [4.78, 5) is 10.7. The normalized spacial score (nSPS) is 10.6. The zero-order valence-corrected chi connectivity index (χ0v) is 8.41. The van der Waals surface area contributed by atoms with Crippen LogP contribution in [0, 0.1) is 0 Å². The molecule has 0 aliphatic rings. The number of phenolic OH excluding ortho intramolecular Hbond substituents is 1. The fourth-order valence-corrected chi connectivity index (χ4v) is 1.77. The van der Waals surface area contributed by atoms with Crippen molar-refractivity contribution >= 4 is 32.9 Å². The second kappa shape index (κ2) is 3.02. The summed E-state index contributed by atoms with van der Waals surface area (Å²) in [7, 11) is 0. The third-order valence-corrected chi connectivity index (χ3v) is 2.62. The number of carboxylic acids is 1. The van der Waals surface area contributed by atoms with E-state index in [4.69, 9.17) is 9.52 Å². The number of para-hydroxylation sites is 1. The average molecular weight is 257 g/mol. The predicted octanol–water partition coefficient (Wildman–Crippen LogP) is 2.60. The minimum absolute atomic E-state index is 0.0734. The molecule has 14 heavy (non-hydrogen) atoms. The first-order valence-corrected chi connectivity index (χ1v) is 4.54. The zero-order valence-electron chi connectivity index (χ0n) is 6.82. The summed E-state index contributed by atoms with van der Waals surface area (Å²) in [5.74, 6) is -1.45. The molecule has 5 heteroatoms. The maximum Gasteiger partial charge on any atom is 0.373 e. The van der Waals surface area contributed by atoms with Crippen molar-refractivity contribution in [1.82, 2.24) is 0 Å². The number of aromatic hydroxyl groups is 1. The van der Waals surface area contributed by atoms with Crippen LogP contribution in [0.3, 0.4) is 0 Å². The van der Waals surface area contributed by atoms with E-state index in [2.05, 4.69) is 15.9 Å². The van der Waals surface area contributed by atoms with Gasteiger partial charge in [0.15, 0.2) is 11.3 Å². The molecule has 1 aromatic carbocycles. The third kappa shape index (κ3) is 1.17. The smallest absolute Gasteiger partial charge is 0.373 e. The molecule has 0 atom stereocenters. The fourth-order valence-electron chi connectivity index (χ4n) is 1.21. The maximum atomic E-state index is 10.7. The van der Waals surface area contributed by atoms with Crippen molar-refractivity contribution in [1.29, 1.82) is 0 Å². The lowest BCUT2D eigenvalue weighted by Crippen LogP contribution is -1.93. The molecule has 2 aromatic rings. The number of hydrogen-bond donors (Lipinski definition) is 2. The monoisotopic (exact) mass is 256 g/mol. The van der Waals surface area contributed by atoms with Gasteiger partial charge < -0.3 is 14.6 Å². The van der Waals surface area contributed by atoms with Gasteiger partial charge in [-0.05, 0) is 28.1 Å². The van der Waals surface area contributed by atoms with Crippen molar-refractivity contribution in [3.05, 3.63) is 28.4 Å². The summed E-state index contributed by atoms with van der Waals surface area (Å²) in [5.41, 5.74) is 0.178. The van der Waals surface area contributed by atoms with E-state index in [1.54, 1.807) is 12.1 Å². The Bertz CT molecular complexity index is 515. The molecule has 2 rings (SSSR count). The van der Waals surface area contributed by atoms with Crippen LogP contribution in [0.1, 0.15) is 10.6 Å². The van der Waals surface area contributed by atoms with Crippen molar-refractivity contribution in [3.8, 4) is 5.75 Å². The topological polar surface area (TPSA) is 70.7 Å². The van der Waals surface area contributed by atoms with E-state index in [-0.39, 0.29) is 17.1 Å². The van der Waals surface area contributed by atoms with Crippen LogP contribution < -0.4 is 0 Å². The number of aromatic carboxylic acids is 1. The quantitative estimate of drug-likeness (QED) is 0.823. The van der Waals surface area contributed by atoms with Crippen LogP contribution in [0.15, 0.2) is 27.1 Å². The highest BCUT2D eigenvalue weighted by Crippen LogP contribution is 2.35. The SMILES string of the molecule is O=C(O)c1oc2c(O)cccc2c1Br.